The van der Waals surface area contributed by atoms with Crippen molar-refractivity contribution in [2.24, 2.45) is 0 Å². The normalized spacial score (nSPS) is 11.0. The van der Waals surface area contributed by atoms with E-state index in [4.69, 9.17) is 9.15 Å². The minimum Gasteiger partial charge on any atom is -0.462 e. The number of aromatic nitrogens is 2. The SMILES string of the molecule is CCOC(=O)c1c(NC(=O)Cn2cnc3c(oc4ccccc43)c2=O)sc(C(=O)NC)c1C. The Morgan fingerprint density at radius 2 is 2.00 bits per heavy atom. The number of carbonyl (C=O) groups is 3. The van der Waals surface area contributed by atoms with E-state index in [1.165, 1.54) is 13.4 Å². The summed E-state index contributed by atoms with van der Waals surface area (Å²) in [5.41, 5.74) is 0.982. The highest BCUT2D eigenvalue weighted by atomic mass is 32.1. The summed E-state index contributed by atoms with van der Waals surface area (Å²) in [7, 11) is 1.47. The highest BCUT2D eigenvalue weighted by molar-refractivity contribution is 7.18. The topological polar surface area (TPSA) is 133 Å². The fourth-order valence-corrected chi connectivity index (χ4v) is 4.59. The molecule has 170 valence electrons. The van der Waals surface area contributed by atoms with Gasteiger partial charge in [-0.05, 0) is 31.5 Å². The number of rotatable bonds is 6. The number of furan rings is 1. The Morgan fingerprint density at radius 3 is 2.73 bits per heavy atom. The highest BCUT2D eigenvalue weighted by Crippen LogP contribution is 2.34. The first-order chi connectivity index (χ1) is 15.8. The maximum absolute atomic E-state index is 12.9. The Kier molecular flexibility index (Phi) is 5.97. The lowest BCUT2D eigenvalue weighted by atomic mass is 10.1. The standard InChI is InChI=1S/C22H20N4O6S/c1-4-31-22(30)15-11(2)18(19(28)23-3)33-20(15)25-14(27)9-26-10-24-16-12-7-5-6-8-13(12)32-17(16)21(26)29/h5-8,10H,4,9H2,1-3H3,(H,23,28)(H,25,27). The molecule has 2 N–H and O–H groups in total. The molecule has 0 saturated heterocycles. The summed E-state index contributed by atoms with van der Waals surface area (Å²) in [5.74, 6) is -1.62. The molecule has 10 nitrogen and oxygen atoms in total. The zero-order valence-electron chi connectivity index (χ0n) is 18.1. The van der Waals surface area contributed by atoms with Gasteiger partial charge in [-0.25, -0.2) is 9.78 Å². The molecule has 2 amide bonds. The van der Waals surface area contributed by atoms with Crippen LogP contribution in [-0.4, -0.2) is 41.0 Å². The number of fused-ring (bicyclic) bond motifs is 3. The number of amides is 2. The molecule has 3 heterocycles. The van der Waals surface area contributed by atoms with Gasteiger partial charge in [0.2, 0.25) is 11.5 Å². The van der Waals surface area contributed by atoms with Gasteiger partial charge in [-0.1, -0.05) is 12.1 Å². The second-order valence-electron chi connectivity index (χ2n) is 7.06. The highest BCUT2D eigenvalue weighted by Gasteiger charge is 2.26. The molecule has 0 radical (unpaired) electrons. The summed E-state index contributed by atoms with van der Waals surface area (Å²) in [6.07, 6.45) is 1.27. The van der Waals surface area contributed by atoms with Crippen LogP contribution in [-0.2, 0) is 16.1 Å². The van der Waals surface area contributed by atoms with E-state index in [1.54, 1.807) is 32.0 Å². The van der Waals surface area contributed by atoms with Crippen molar-refractivity contribution in [2.75, 3.05) is 19.0 Å². The van der Waals surface area contributed by atoms with Crippen LogP contribution in [0, 0.1) is 6.92 Å². The van der Waals surface area contributed by atoms with Crippen LogP contribution in [0.4, 0.5) is 5.00 Å². The quantitative estimate of drug-likeness (QED) is 0.416. The molecule has 0 aliphatic rings. The van der Waals surface area contributed by atoms with Crippen LogP contribution in [0.5, 0.6) is 0 Å². The van der Waals surface area contributed by atoms with Gasteiger partial charge < -0.3 is 19.8 Å². The molecular formula is C22H20N4O6S. The van der Waals surface area contributed by atoms with Crippen LogP contribution in [0.15, 0.2) is 39.8 Å². The molecule has 0 saturated carbocycles. The third kappa shape index (κ3) is 3.98. The van der Waals surface area contributed by atoms with Crippen molar-refractivity contribution in [1.82, 2.24) is 14.9 Å². The number of hydrogen-bond acceptors (Lipinski definition) is 8. The average molecular weight is 468 g/mol. The van der Waals surface area contributed by atoms with Gasteiger partial charge >= 0.3 is 5.97 Å². The van der Waals surface area contributed by atoms with Crippen molar-refractivity contribution in [3.63, 3.8) is 0 Å². The maximum atomic E-state index is 12.9. The number of ether oxygens (including phenoxy) is 1. The Morgan fingerprint density at radius 1 is 1.24 bits per heavy atom. The van der Waals surface area contributed by atoms with Gasteiger partial charge in [-0.15, -0.1) is 11.3 Å². The molecule has 0 bridgehead atoms. The van der Waals surface area contributed by atoms with Gasteiger partial charge in [-0.3, -0.25) is 19.0 Å². The first-order valence-corrected chi connectivity index (χ1v) is 10.9. The molecule has 11 heteroatoms. The summed E-state index contributed by atoms with van der Waals surface area (Å²) >= 11 is 0.955. The molecule has 0 fully saturated rings. The van der Waals surface area contributed by atoms with Crippen molar-refractivity contribution in [2.45, 2.75) is 20.4 Å². The van der Waals surface area contributed by atoms with Gasteiger partial charge in [0, 0.05) is 12.4 Å². The summed E-state index contributed by atoms with van der Waals surface area (Å²) in [5, 5.41) is 6.00. The summed E-state index contributed by atoms with van der Waals surface area (Å²) in [6, 6.07) is 7.13. The Bertz CT molecular complexity index is 1470. The average Bonchev–Trinajstić information content (AvgIpc) is 3.33. The molecule has 0 aliphatic heterocycles. The molecule has 0 atom stereocenters. The fraction of sp³-hybridized carbons (Fsp3) is 0.227. The molecule has 0 unspecified atom stereocenters. The molecule has 0 spiro atoms. The van der Waals surface area contributed by atoms with Crippen LogP contribution in [0.3, 0.4) is 0 Å². The summed E-state index contributed by atoms with van der Waals surface area (Å²) < 4.78 is 11.8. The Labute approximate surface area is 191 Å². The van der Waals surface area contributed by atoms with Crippen LogP contribution >= 0.6 is 11.3 Å². The van der Waals surface area contributed by atoms with E-state index in [2.05, 4.69) is 15.6 Å². The second-order valence-corrected chi connectivity index (χ2v) is 8.08. The van der Waals surface area contributed by atoms with Gasteiger partial charge in [0.15, 0.2) is 0 Å². The fourth-order valence-electron chi connectivity index (χ4n) is 3.43. The number of para-hydroxylation sites is 1. The van der Waals surface area contributed by atoms with Crippen molar-refractivity contribution in [3.05, 3.63) is 57.0 Å². The number of carbonyl (C=O) groups excluding carboxylic acids is 3. The van der Waals surface area contributed by atoms with Crippen LogP contribution in [0.1, 0.15) is 32.5 Å². The second kappa shape index (κ2) is 8.87. The zero-order chi connectivity index (χ0) is 23.7. The number of nitrogens with one attached hydrogen (secondary N) is 2. The number of anilines is 1. The number of nitrogens with zero attached hydrogens (tertiary/aromatic N) is 2. The van der Waals surface area contributed by atoms with Crippen molar-refractivity contribution >= 4 is 56.2 Å². The predicted octanol–water partition coefficient (Wildman–Crippen LogP) is 2.69. The van der Waals surface area contributed by atoms with Gasteiger partial charge in [0.1, 0.15) is 22.6 Å². The smallest absolute Gasteiger partial charge is 0.341 e. The zero-order valence-corrected chi connectivity index (χ0v) is 18.9. The third-order valence-electron chi connectivity index (χ3n) is 4.98. The van der Waals surface area contributed by atoms with Gasteiger partial charge in [0.05, 0.1) is 23.4 Å². The van der Waals surface area contributed by atoms with Crippen LogP contribution < -0.4 is 16.2 Å². The minimum absolute atomic E-state index is 0.0487. The van der Waals surface area contributed by atoms with Crippen molar-refractivity contribution < 1.29 is 23.5 Å². The van der Waals surface area contributed by atoms with Gasteiger partial charge in [-0.2, -0.15) is 0 Å². The number of hydrogen-bond donors (Lipinski definition) is 2. The number of benzene rings is 1. The molecule has 33 heavy (non-hydrogen) atoms. The van der Waals surface area contributed by atoms with Crippen molar-refractivity contribution in [1.29, 1.82) is 0 Å². The Balaban J connectivity index is 1.65. The van der Waals surface area contributed by atoms with Crippen LogP contribution in [0.25, 0.3) is 22.1 Å². The predicted molar refractivity (Wildman–Crippen MR) is 123 cm³/mol. The Hall–Kier alpha value is -3.99. The molecule has 3 aromatic heterocycles. The van der Waals surface area contributed by atoms with E-state index in [-0.39, 0.29) is 40.1 Å². The van der Waals surface area contributed by atoms with E-state index in [9.17, 15) is 19.2 Å². The monoisotopic (exact) mass is 468 g/mol. The van der Waals surface area contributed by atoms with Crippen molar-refractivity contribution in [3.8, 4) is 0 Å². The first-order valence-electron chi connectivity index (χ1n) is 10.0. The third-order valence-corrected chi connectivity index (χ3v) is 6.18. The van der Waals surface area contributed by atoms with E-state index in [0.29, 0.717) is 22.0 Å². The number of esters is 1. The van der Waals surface area contributed by atoms with Crippen LogP contribution in [0.2, 0.25) is 0 Å². The largest absolute Gasteiger partial charge is 0.462 e. The number of thiophene rings is 1. The molecule has 4 aromatic rings. The van der Waals surface area contributed by atoms with Gasteiger partial charge in [0.25, 0.3) is 11.5 Å². The first kappa shape index (κ1) is 22.2. The molecule has 0 aliphatic carbocycles. The van der Waals surface area contributed by atoms with E-state index >= 15 is 0 Å². The molecule has 4 rings (SSSR count). The lowest BCUT2D eigenvalue weighted by Crippen LogP contribution is -2.27. The van der Waals surface area contributed by atoms with E-state index < -0.39 is 17.4 Å². The van der Waals surface area contributed by atoms with E-state index in [0.717, 1.165) is 15.9 Å². The lowest BCUT2D eigenvalue weighted by molar-refractivity contribution is -0.116. The summed E-state index contributed by atoms with van der Waals surface area (Å²) in [6.45, 7) is 3.03. The van der Waals surface area contributed by atoms with E-state index in [1.807, 2.05) is 6.07 Å². The lowest BCUT2D eigenvalue weighted by Gasteiger charge is -2.08. The maximum Gasteiger partial charge on any atom is 0.341 e. The minimum atomic E-state index is -0.653. The molecular weight excluding hydrogens is 448 g/mol. The molecule has 1 aromatic carbocycles. The summed E-state index contributed by atoms with van der Waals surface area (Å²) in [4.78, 5) is 54.8.